The van der Waals surface area contributed by atoms with E-state index in [4.69, 9.17) is 0 Å². The molecule has 124 valence electrons. The van der Waals surface area contributed by atoms with Gasteiger partial charge >= 0.3 is 0 Å². The van der Waals surface area contributed by atoms with Gasteiger partial charge in [0.15, 0.2) is 0 Å². The topological polar surface area (TPSA) is 66.4 Å². The van der Waals surface area contributed by atoms with Crippen LogP contribution in [0.3, 0.4) is 0 Å². The molecular weight excluding hydrogens is 317 g/mol. The normalized spacial score (nSPS) is 14.4. The first-order valence-corrected chi connectivity index (χ1v) is 8.79. The van der Waals surface area contributed by atoms with Crippen molar-refractivity contribution in [3.05, 3.63) is 66.0 Å². The Balaban J connectivity index is 1.97. The summed E-state index contributed by atoms with van der Waals surface area (Å²) in [5.74, 6) is -0.816. The third-order valence-corrected chi connectivity index (χ3v) is 5.00. The average molecular weight is 337 g/mol. The summed E-state index contributed by atoms with van der Waals surface area (Å²) in [6, 6.07) is 14.8. The van der Waals surface area contributed by atoms with Gasteiger partial charge in [0.1, 0.15) is 10.7 Å². The largest absolute Gasteiger partial charge is 0.389 e. The molecule has 0 aliphatic carbocycles. The molecule has 0 heterocycles. The molecule has 0 saturated heterocycles. The molecule has 0 spiro atoms. The first-order chi connectivity index (χ1) is 10.8. The van der Waals surface area contributed by atoms with Gasteiger partial charge in [-0.15, -0.1) is 0 Å². The van der Waals surface area contributed by atoms with E-state index < -0.39 is 26.3 Å². The molecule has 0 saturated carbocycles. The molecule has 0 radical (unpaired) electrons. The summed E-state index contributed by atoms with van der Waals surface area (Å²) in [5.41, 5.74) is -0.168. The van der Waals surface area contributed by atoms with Gasteiger partial charge in [0, 0.05) is 6.54 Å². The summed E-state index contributed by atoms with van der Waals surface area (Å²) < 4.78 is 40.1. The molecule has 2 aromatic rings. The van der Waals surface area contributed by atoms with E-state index in [1.807, 2.05) is 30.3 Å². The Kier molecular flexibility index (Phi) is 5.51. The predicted octanol–water partition coefficient (Wildman–Crippen LogP) is 2.49. The van der Waals surface area contributed by atoms with Crippen LogP contribution in [0.2, 0.25) is 0 Å². The van der Waals surface area contributed by atoms with E-state index in [9.17, 15) is 17.9 Å². The maximum Gasteiger partial charge on any atom is 0.243 e. The zero-order valence-electron chi connectivity index (χ0n) is 12.9. The monoisotopic (exact) mass is 337 g/mol. The van der Waals surface area contributed by atoms with Gasteiger partial charge in [-0.05, 0) is 37.5 Å². The molecule has 2 N–H and O–H groups in total. The highest BCUT2D eigenvalue weighted by Crippen LogP contribution is 2.16. The first kappa shape index (κ1) is 17.6. The lowest BCUT2D eigenvalue weighted by atomic mass is 9.97. The Labute approximate surface area is 136 Å². The van der Waals surface area contributed by atoms with Gasteiger partial charge < -0.3 is 5.11 Å². The highest BCUT2D eigenvalue weighted by molar-refractivity contribution is 7.89. The minimum atomic E-state index is -3.99. The summed E-state index contributed by atoms with van der Waals surface area (Å²) in [4.78, 5) is -0.418. The Hall–Kier alpha value is -1.76. The van der Waals surface area contributed by atoms with Crippen molar-refractivity contribution in [2.45, 2.75) is 30.3 Å². The lowest BCUT2D eigenvalue weighted by Crippen LogP contribution is -2.41. The lowest BCUT2D eigenvalue weighted by Gasteiger charge is -2.23. The van der Waals surface area contributed by atoms with Crippen LogP contribution in [-0.4, -0.2) is 25.7 Å². The Morgan fingerprint density at radius 3 is 2.35 bits per heavy atom. The number of nitrogens with one attached hydrogen (secondary N) is 1. The summed E-state index contributed by atoms with van der Waals surface area (Å²) >= 11 is 0. The molecule has 6 heteroatoms. The zero-order chi connectivity index (χ0) is 16.9. The van der Waals surface area contributed by atoms with Crippen molar-refractivity contribution in [2.75, 3.05) is 6.54 Å². The van der Waals surface area contributed by atoms with E-state index in [2.05, 4.69) is 4.72 Å². The van der Waals surface area contributed by atoms with Gasteiger partial charge in [-0.2, -0.15) is 0 Å². The molecule has 0 aromatic heterocycles. The summed E-state index contributed by atoms with van der Waals surface area (Å²) in [6.45, 7) is 1.37. The molecular formula is C17H20FNO3S. The van der Waals surface area contributed by atoms with Crippen LogP contribution >= 0.6 is 0 Å². The Morgan fingerprint density at radius 2 is 1.70 bits per heavy atom. The van der Waals surface area contributed by atoms with E-state index >= 15 is 0 Å². The van der Waals surface area contributed by atoms with E-state index in [1.54, 1.807) is 6.92 Å². The van der Waals surface area contributed by atoms with Crippen molar-refractivity contribution in [3.8, 4) is 0 Å². The molecule has 0 amide bonds. The van der Waals surface area contributed by atoms with E-state index in [-0.39, 0.29) is 6.54 Å². The number of rotatable bonds is 7. The maximum atomic E-state index is 13.6. The van der Waals surface area contributed by atoms with E-state index in [1.165, 1.54) is 18.2 Å². The molecule has 4 nitrogen and oxygen atoms in total. The number of hydrogen-bond acceptors (Lipinski definition) is 3. The molecule has 1 atom stereocenters. The van der Waals surface area contributed by atoms with Crippen LogP contribution in [0.1, 0.15) is 18.9 Å². The highest BCUT2D eigenvalue weighted by Gasteiger charge is 2.25. The Morgan fingerprint density at radius 1 is 1.09 bits per heavy atom. The highest BCUT2D eigenvalue weighted by atomic mass is 32.2. The first-order valence-electron chi connectivity index (χ1n) is 7.31. The van der Waals surface area contributed by atoms with Gasteiger partial charge in [-0.3, -0.25) is 0 Å². The van der Waals surface area contributed by atoms with Crippen LogP contribution in [0.5, 0.6) is 0 Å². The SMILES string of the molecule is CC(O)(CCc1ccccc1)CNS(=O)(=O)c1ccccc1F. The van der Waals surface area contributed by atoms with E-state index in [0.717, 1.165) is 11.6 Å². The van der Waals surface area contributed by atoms with E-state index in [0.29, 0.717) is 12.8 Å². The second-order valence-corrected chi connectivity index (χ2v) is 7.47. The summed E-state index contributed by atoms with van der Waals surface area (Å²) in [7, 11) is -3.99. The molecule has 1 unspecified atom stereocenters. The fourth-order valence-corrected chi connectivity index (χ4v) is 3.38. The molecule has 2 rings (SSSR count). The minimum Gasteiger partial charge on any atom is -0.389 e. The van der Waals surface area contributed by atoms with Crippen LogP contribution < -0.4 is 4.72 Å². The predicted molar refractivity (Wildman–Crippen MR) is 87.0 cm³/mol. The third-order valence-electron chi connectivity index (χ3n) is 3.56. The van der Waals surface area contributed by atoms with Crippen LogP contribution in [0.25, 0.3) is 0 Å². The number of benzene rings is 2. The third kappa shape index (κ3) is 5.13. The summed E-state index contributed by atoms with van der Waals surface area (Å²) in [5, 5.41) is 10.3. The fraction of sp³-hybridized carbons (Fsp3) is 0.294. The standard InChI is InChI=1S/C17H20FNO3S/c1-17(20,12-11-14-7-3-2-4-8-14)13-19-23(21,22)16-10-6-5-9-15(16)18/h2-10,19-20H,11-13H2,1H3. The van der Waals surface area contributed by atoms with Gasteiger partial charge in [0.2, 0.25) is 10.0 Å². The van der Waals surface area contributed by atoms with Gasteiger partial charge in [0.05, 0.1) is 5.60 Å². The molecule has 0 aliphatic rings. The number of aliphatic hydroxyl groups is 1. The quantitative estimate of drug-likeness (QED) is 0.816. The van der Waals surface area contributed by atoms with Crippen LogP contribution in [-0.2, 0) is 16.4 Å². The summed E-state index contributed by atoms with van der Waals surface area (Å²) in [6.07, 6.45) is 1.01. The zero-order valence-corrected chi connectivity index (χ0v) is 13.7. The average Bonchev–Trinajstić information content (AvgIpc) is 2.53. The fourth-order valence-electron chi connectivity index (χ4n) is 2.14. The van der Waals surface area contributed by atoms with Crippen LogP contribution in [0, 0.1) is 5.82 Å². The van der Waals surface area contributed by atoms with Gasteiger partial charge in [0.25, 0.3) is 0 Å². The lowest BCUT2D eigenvalue weighted by molar-refractivity contribution is 0.0565. The van der Waals surface area contributed by atoms with Crippen LogP contribution in [0.4, 0.5) is 4.39 Å². The van der Waals surface area contributed by atoms with Crippen molar-refractivity contribution in [2.24, 2.45) is 0 Å². The van der Waals surface area contributed by atoms with Crippen molar-refractivity contribution in [1.29, 1.82) is 0 Å². The van der Waals surface area contributed by atoms with Crippen molar-refractivity contribution in [3.63, 3.8) is 0 Å². The molecule has 2 aromatic carbocycles. The van der Waals surface area contributed by atoms with Crippen LogP contribution in [0.15, 0.2) is 59.5 Å². The minimum absolute atomic E-state index is 0.184. The van der Waals surface area contributed by atoms with Gasteiger partial charge in [-0.25, -0.2) is 17.5 Å². The number of sulfonamides is 1. The second kappa shape index (κ2) is 7.21. The molecule has 0 bridgehead atoms. The van der Waals surface area contributed by atoms with Crippen molar-refractivity contribution >= 4 is 10.0 Å². The Bertz CT molecular complexity index is 745. The second-order valence-electron chi connectivity index (χ2n) is 5.74. The number of halogens is 1. The number of hydrogen-bond donors (Lipinski definition) is 2. The van der Waals surface area contributed by atoms with Gasteiger partial charge in [-0.1, -0.05) is 42.5 Å². The maximum absolute atomic E-state index is 13.6. The number of aryl methyl sites for hydroxylation is 1. The smallest absolute Gasteiger partial charge is 0.243 e. The van der Waals surface area contributed by atoms with Crippen molar-refractivity contribution < 1.29 is 17.9 Å². The molecule has 0 fully saturated rings. The molecule has 0 aliphatic heterocycles. The van der Waals surface area contributed by atoms with Crippen molar-refractivity contribution in [1.82, 2.24) is 4.72 Å². The molecule has 23 heavy (non-hydrogen) atoms.